The summed E-state index contributed by atoms with van der Waals surface area (Å²) in [5.41, 5.74) is 0.179. The molecule has 8 nitrogen and oxygen atoms in total. The van der Waals surface area contributed by atoms with Crippen LogP contribution in [0, 0.1) is 5.82 Å². The van der Waals surface area contributed by atoms with Crippen LogP contribution in [0.3, 0.4) is 0 Å². The van der Waals surface area contributed by atoms with Gasteiger partial charge in [-0.15, -0.1) is 0 Å². The average Bonchev–Trinajstić information content (AvgIpc) is 3.29. The predicted molar refractivity (Wildman–Crippen MR) is 128 cm³/mol. The third kappa shape index (κ3) is 5.14. The van der Waals surface area contributed by atoms with Crippen molar-refractivity contribution < 1.29 is 22.3 Å². The SMILES string of the molecule is COc1ccc(Cn2cnc3c(Nc4cc(Cl)ncc4F)nc(-c4cccc(C(F)(F)F)n4)nc32)cc1. The number of imidazole rings is 1. The first kappa shape index (κ1) is 24.4. The molecule has 188 valence electrons. The van der Waals surface area contributed by atoms with E-state index in [1.165, 1.54) is 24.5 Å². The monoisotopic (exact) mass is 529 g/mol. The second kappa shape index (κ2) is 9.62. The molecule has 0 saturated heterocycles. The number of nitrogens with zero attached hydrogens (tertiary/aromatic N) is 6. The summed E-state index contributed by atoms with van der Waals surface area (Å²) in [6.07, 6.45) is -2.22. The molecule has 0 radical (unpaired) electrons. The first-order valence-corrected chi connectivity index (χ1v) is 11.1. The van der Waals surface area contributed by atoms with Crippen LogP contribution < -0.4 is 10.1 Å². The standard InChI is InChI=1S/C24H16ClF4N7O/c1-37-14-7-5-13(6-8-14)11-36-12-31-20-22(33-17-9-19(25)30-10-15(17)26)34-21(35-23(20)36)16-3-2-4-18(32-16)24(27,28)29/h2-10,12H,11H2,1H3,(H,30,33,34,35). The van der Waals surface area contributed by atoms with E-state index in [-0.39, 0.29) is 33.7 Å². The molecular formula is C24H16ClF4N7O. The fourth-order valence-electron chi connectivity index (χ4n) is 3.54. The number of methoxy groups -OCH3 is 1. The van der Waals surface area contributed by atoms with E-state index in [2.05, 4.69) is 30.2 Å². The van der Waals surface area contributed by atoms with Gasteiger partial charge in [-0.25, -0.2) is 29.3 Å². The number of aromatic nitrogens is 6. The van der Waals surface area contributed by atoms with Gasteiger partial charge in [0.15, 0.2) is 28.6 Å². The molecule has 5 aromatic rings. The Morgan fingerprint density at radius 3 is 2.54 bits per heavy atom. The van der Waals surface area contributed by atoms with Gasteiger partial charge in [-0.1, -0.05) is 29.8 Å². The van der Waals surface area contributed by atoms with Gasteiger partial charge in [0.25, 0.3) is 0 Å². The minimum absolute atomic E-state index is 0.0269. The number of halogens is 5. The summed E-state index contributed by atoms with van der Waals surface area (Å²) in [6.45, 7) is 0.335. The first-order chi connectivity index (χ1) is 17.7. The summed E-state index contributed by atoms with van der Waals surface area (Å²) in [4.78, 5) is 20.5. The van der Waals surface area contributed by atoms with E-state index >= 15 is 0 Å². The lowest BCUT2D eigenvalue weighted by Crippen LogP contribution is -2.09. The molecule has 4 heterocycles. The molecule has 0 aliphatic carbocycles. The fourth-order valence-corrected chi connectivity index (χ4v) is 3.70. The molecule has 0 unspecified atom stereocenters. The Morgan fingerprint density at radius 1 is 1.03 bits per heavy atom. The summed E-state index contributed by atoms with van der Waals surface area (Å²) < 4.78 is 61.2. The zero-order chi connectivity index (χ0) is 26.2. The molecule has 5 rings (SSSR count). The van der Waals surface area contributed by atoms with Gasteiger partial charge in [0.2, 0.25) is 0 Å². The van der Waals surface area contributed by atoms with Crippen molar-refractivity contribution in [1.29, 1.82) is 0 Å². The smallest absolute Gasteiger partial charge is 0.433 e. The largest absolute Gasteiger partial charge is 0.497 e. The van der Waals surface area contributed by atoms with Crippen LogP contribution in [0.5, 0.6) is 5.75 Å². The molecule has 1 N–H and O–H groups in total. The number of alkyl halides is 3. The lowest BCUT2D eigenvalue weighted by molar-refractivity contribution is -0.141. The van der Waals surface area contributed by atoms with Crippen LogP contribution in [0.15, 0.2) is 61.1 Å². The lowest BCUT2D eigenvalue weighted by atomic mass is 10.2. The van der Waals surface area contributed by atoms with Crippen LogP contribution in [0.2, 0.25) is 5.15 Å². The second-order valence-electron chi connectivity index (χ2n) is 7.81. The Hall–Kier alpha value is -4.32. The third-order valence-corrected chi connectivity index (χ3v) is 5.53. The van der Waals surface area contributed by atoms with Gasteiger partial charge in [-0.05, 0) is 29.8 Å². The highest BCUT2D eigenvalue weighted by molar-refractivity contribution is 6.29. The van der Waals surface area contributed by atoms with Crippen molar-refractivity contribution in [3.8, 4) is 17.3 Å². The van der Waals surface area contributed by atoms with Gasteiger partial charge in [0.05, 0.1) is 31.9 Å². The number of hydrogen-bond donors (Lipinski definition) is 1. The quantitative estimate of drug-likeness (QED) is 0.216. The molecule has 0 amide bonds. The number of rotatable bonds is 6. The zero-order valence-corrected chi connectivity index (χ0v) is 19.7. The number of hydrogen-bond acceptors (Lipinski definition) is 7. The number of benzene rings is 1. The molecule has 0 aliphatic rings. The number of pyridine rings is 2. The number of anilines is 2. The molecule has 0 aliphatic heterocycles. The molecule has 0 spiro atoms. The van der Waals surface area contributed by atoms with E-state index in [1.807, 2.05) is 12.1 Å². The normalized spacial score (nSPS) is 11.6. The Balaban J connectivity index is 1.64. The minimum Gasteiger partial charge on any atom is -0.497 e. The van der Waals surface area contributed by atoms with E-state index < -0.39 is 17.7 Å². The molecule has 0 bridgehead atoms. The van der Waals surface area contributed by atoms with Crippen molar-refractivity contribution in [3.05, 3.63) is 83.3 Å². The highest BCUT2D eigenvalue weighted by Crippen LogP contribution is 2.31. The predicted octanol–water partition coefficient (Wildman–Crippen LogP) is 5.90. The third-order valence-electron chi connectivity index (χ3n) is 5.32. The summed E-state index contributed by atoms with van der Waals surface area (Å²) in [5.74, 6) is -0.0939. The number of fused-ring (bicyclic) bond motifs is 1. The molecule has 0 fully saturated rings. The van der Waals surface area contributed by atoms with Crippen LogP contribution in [-0.2, 0) is 12.7 Å². The number of nitrogens with one attached hydrogen (secondary N) is 1. The van der Waals surface area contributed by atoms with Crippen LogP contribution in [0.25, 0.3) is 22.7 Å². The van der Waals surface area contributed by atoms with Gasteiger partial charge >= 0.3 is 6.18 Å². The van der Waals surface area contributed by atoms with Gasteiger partial charge in [-0.2, -0.15) is 13.2 Å². The molecule has 0 saturated carbocycles. The summed E-state index contributed by atoms with van der Waals surface area (Å²) in [5, 5.41) is 2.84. The van der Waals surface area contributed by atoms with Crippen molar-refractivity contribution in [2.75, 3.05) is 12.4 Å². The first-order valence-electron chi connectivity index (χ1n) is 10.7. The summed E-state index contributed by atoms with van der Waals surface area (Å²) >= 11 is 5.91. The van der Waals surface area contributed by atoms with E-state index in [4.69, 9.17) is 16.3 Å². The number of ether oxygens (including phenoxy) is 1. The molecular weight excluding hydrogens is 514 g/mol. The van der Waals surface area contributed by atoms with Crippen molar-refractivity contribution >= 4 is 34.3 Å². The Kier molecular flexibility index (Phi) is 6.34. The van der Waals surface area contributed by atoms with Crippen molar-refractivity contribution in [1.82, 2.24) is 29.5 Å². The molecule has 13 heteroatoms. The van der Waals surface area contributed by atoms with Crippen LogP contribution in [0.1, 0.15) is 11.3 Å². The molecule has 1 aromatic carbocycles. The topological polar surface area (TPSA) is 90.6 Å². The summed E-state index contributed by atoms with van der Waals surface area (Å²) in [7, 11) is 1.56. The van der Waals surface area contributed by atoms with Gasteiger partial charge < -0.3 is 14.6 Å². The fraction of sp³-hybridized carbons (Fsp3) is 0.125. The van der Waals surface area contributed by atoms with Gasteiger partial charge in [0.1, 0.15) is 22.3 Å². The van der Waals surface area contributed by atoms with Crippen molar-refractivity contribution in [2.45, 2.75) is 12.7 Å². The van der Waals surface area contributed by atoms with Crippen LogP contribution >= 0.6 is 11.6 Å². The van der Waals surface area contributed by atoms with E-state index in [0.717, 1.165) is 17.8 Å². The maximum atomic E-state index is 14.4. The van der Waals surface area contributed by atoms with Crippen molar-refractivity contribution in [2.24, 2.45) is 0 Å². The van der Waals surface area contributed by atoms with Gasteiger partial charge in [0, 0.05) is 6.07 Å². The van der Waals surface area contributed by atoms with Crippen molar-refractivity contribution in [3.63, 3.8) is 0 Å². The lowest BCUT2D eigenvalue weighted by Gasteiger charge is -2.11. The van der Waals surface area contributed by atoms with E-state index in [0.29, 0.717) is 17.9 Å². The Labute approximate surface area is 212 Å². The van der Waals surface area contributed by atoms with Crippen LogP contribution in [-0.4, -0.2) is 36.6 Å². The van der Waals surface area contributed by atoms with Gasteiger partial charge in [-0.3, -0.25) is 0 Å². The van der Waals surface area contributed by atoms with E-state index in [1.54, 1.807) is 23.8 Å². The average molecular weight is 530 g/mol. The molecule has 37 heavy (non-hydrogen) atoms. The molecule has 4 aromatic heterocycles. The maximum absolute atomic E-state index is 14.4. The Morgan fingerprint density at radius 2 is 1.81 bits per heavy atom. The molecule has 0 atom stereocenters. The minimum atomic E-state index is -4.66. The zero-order valence-electron chi connectivity index (χ0n) is 19.0. The highest BCUT2D eigenvalue weighted by Gasteiger charge is 2.32. The summed E-state index contributed by atoms with van der Waals surface area (Å²) in [6, 6.07) is 12.0. The Bertz CT molecular complexity index is 1590. The van der Waals surface area contributed by atoms with Crippen LogP contribution in [0.4, 0.5) is 29.1 Å². The second-order valence-corrected chi connectivity index (χ2v) is 8.19. The highest BCUT2D eigenvalue weighted by atomic mass is 35.5. The maximum Gasteiger partial charge on any atom is 0.433 e. The van der Waals surface area contributed by atoms with E-state index in [9.17, 15) is 17.6 Å².